The fourth-order valence-corrected chi connectivity index (χ4v) is 2.62. The molecule has 1 heterocycles. The van der Waals surface area contributed by atoms with E-state index in [1.165, 1.54) is 7.11 Å². The van der Waals surface area contributed by atoms with Crippen molar-refractivity contribution in [1.82, 2.24) is 5.32 Å². The molecule has 2 rings (SSSR count). The number of nitrogens with one attached hydrogen (secondary N) is 1. The van der Waals surface area contributed by atoms with Crippen molar-refractivity contribution in [2.45, 2.75) is 38.8 Å². The number of carbonyl (C=O) groups excluding carboxylic acids is 2. The molecule has 0 aromatic heterocycles. The van der Waals surface area contributed by atoms with Crippen molar-refractivity contribution in [3.8, 4) is 11.8 Å². The Kier molecular flexibility index (Phi) is 7.70. The predicted octanol–water partition coefficient (Wildman–Crippen LogP) is 2.33. The lowest BCUT2D eigenvalue weighted by Crippen LogP contribution is -2.43. The smallest absolute Gasteiger partial charge is 0.408 e. The highest BCUT2D eigenvalue weighted by molar-refractivity contribution is 5.81. The lowest BCUT2D eigenvalue weighted by molar-refractivity contribution is -0.143. The molecule has 0 bridgehead atoms. The highest BCUT2D eigenvalue weighted by Gasteiger charge is 2.24. The molecule has 1 amide bonds. The number of alkyl carbamates (subject to hydrolysis) is 1. The molecule has 1 aliphatic heterocycles. The SMILES string of the molecule is COC(=O)C(CC#Cc1ccc(N2CCOCC2)cc1)NC(=O)OC(C)(C)C. The summed E-state index contributed by atoms with van der Waals surface area (Å²) in [6.07, 6.45) is -0.559. The van der Waals surface area contributed by atoms with Gasteiger partial charge in [-0.05, 0) is 45.0 Å². The van der Waals surface area contributed by atoms with E-state index in [1.54, 1.807) is 20.8 Å². The fraction of sp³-hybridized carbons (Fsp3) is 0.524. The van der Waals surface area contributed by atoms with Crippen LogP contribution >= 0.6 is 0 Å². The van der Waals surface area contributed by atoms with Crippen molar-refractivity contribution < 1.29 is 23.8 Å². The van der Waals surface area contributed by atoms with Crippen LogP contribution in [0.5, 0.6) is 0 Å². The standard InChI is InChI=1S/C21H28N2O5/c1-21(2,3)28-20(25)22-18(19(24)26-4)7-5-6-16-8-10-17(11-9-16)23-12-14-27-15-13-23/h8-11,18H,7,12-15H2,1-4H3,(H,22,25). The zero-order valence-electron chi connectivity index (χ0n) is 16.9. The minimum atomic E-state index is -0.889. The Bertz CT molecular complexity index is 722. The van der Waals surface area contributed by atoms with E-state index in [-0.39, 0.29) is 6.42 Å². The normalized spacial score (nSPS) is 15.1. The highest BCUT2D eigenvalue weighted by Crippen LogP contribution is 2.16. The van der Waals surface area contributed by atoms with Crippen LogP contribution in [0.15, 0.2) is 24.3 Å². The van der Waals surface area contributed by atoms with Crippen LogP contribution in [0.1, 0.15) is 32.8 Å². The van der Waals surface area contributed by atoms with E-state index in [1.807, 2.05) is 24.3 Å². The molecule has 0 aliphatic carbocycles. The summed E-state index contributed by atoms with van der Waals surface area (Å²) < 4.78 is 15.3. The van der Waals surface area contributed by atoms with E-state index >= 15 is 0 Å². The van der Waals surface area contributed by atoms with E-state index in [9.17, 15) is 9.59 Å². The Hall–Kier alpha value is -2.72. The third kappa shape index (κ3) is 7.12. The van der Waals surface area contributed by atoms with Gasteiger partial charge in [0.15, 0.2) is 0 Å². The summed E-state index contributed by atoms with van der Waals surface area (Å²) in [5.74, 6) is 5.38. The fourth-order valence-electron chi connectivity index (χ4n) is 2.62. The Balaban J connectivity index is 1.96. The van der Waals surface area contributed by atoms with Crippen LogP contribution in [-0.4, -0.2) is 57.1 Å². The second-order valence-electron chi connectivity index (χ2n) is 7.37. The molecule has 1 aromatic carbocycles. The number of anilines is 1. The van der Waals surface area contributed by atoms with E-state index in [2.05, 4.69) is 22.1 Å². The number of hydrogen-bond donors (Lipinski definition) is 1. The van der Waals surface area contributed by atoms with Gasteiger partial charge in [0.1, 0.15) is 11.6 Å². The quantitative estimate of drug-likeness (QED) is 0.630. The van der Waals surface area contributed by atoms with Crippen LogP contribution in [0, 0.1) is 11.8 Å². The number of hydrogen-bond acceptors (Lipinski definition) is 6. The maximum atomic E-state index is 11.9. The maximum Gasteiger partial charge on any atom is 0.408 e. The second kappa shape index (κ2) is 10.00. The first-order valence-corrected chi connectivity index (χ1v) is 9.27. The van der Waals surface area contributed by atoms with Crippen LogP contribution in [0.2, 0.25) is 0 Å². The monoisotopic (exact) mass is 388 g/mol. The highest BCUT2D eigenvalue weighted by atomic mass is 16.6. The largest absolute Gasteiger partial charge is 0.467 e. The van der Waals surface area contributed by atoms with Crippen LogP contribution in [0.3, 0.4) is 0 Å². The molecule has 1 unspecified atom stereocenters. The van der Waals surface area contributed by atoms with Gasteiger partial charge in [0.05, 0.1) is 20.3 Å². The van der Waals surface area contributed by atoms with Crippen LogP contribution in [-0.2, 0) is 19.0 Å². The predicted molar refractivity (Wildman–Crippen MR) is 106 cm³/mol. The molecular formula is C21H28N2O5. The van der Waals surface area contributed by atoms with Crippen molar-refractivity contribution >= 4 is 17.7 Å². The third-order valence-corrected chi connectivity index (χ3v) is 3.96. The van der Waals surface area contributed by atoms with Gasteiger partial charge in [-0.2, -0.15) is 0 Å². The van der Waals surface area contributed by atoms with Crippen LogP contribution in [0.4, 0.5) is 10.5 Å². The lowest BCUT2D eigenvalue weighted by Gasteiger charge is -2.28. The topological polar surface area (TPSA) is 77.1 Å². The average Bonchev–Trinajstić information content (AvgIpc) is 2.66. The molecule has 0 saturated carbocycles. The number of benzene rings is 1. The molecule has 7 nitrogen and oxygen atoms in total. The van der Waals surface area contributed by atoms with Gasteiger partial charge in [0, 0.05) is 30.8 Å². The molecular weight excluding hydrogens is 360 g/mol. The summed E-state index contributed by atoms with van der Waals surface area (Å²) in [5, 5.41) is 2.51. The molecule has 1 fully saturated rings. The lowest BCUT2D eigenvalue weighted by atomic mass is 10.1. The first-order chi connectivity index (χ1) is 13.3. The van der Waals surface area contributed by atoms with Gasteiger partial charge >= 0.3 is 12.1 Å². The Morgan fingerprint density at radius 2 is 1.86 bits per heavy atom. The van der Waals surface area contributed by atoms with E-state index in [0.29, 0.717) is 0 Å². The number of esters is 1. The van der Waals surface area contributed by atoms with Gasteiger partial charge in [-0.15, -0.1) is 0 Å². The third-order valence-electron chi connectivity index (χ3n) is 3.96. The Morgan fingerprint density at radius 3 is 2.43 bits per heavy atom. The minimum absolute atomic E-state index is 0.122. The number of ether oxygens (including phenoxy) is 3. The number of rotatable bonds is 4. The number of amides is 1. The van der Waals surface area contributed by atoms with Gasteiger partial charge in [-0.1, -0.05) is 11.8 Å². The van der Waals surface area contributed by atoms with Gasteiger partial charge in [0.25, 0.3) is 0 Å². The van der Waals surface area contributed by atoms with Gasteiger partial charge in [-0.3, -0.25) is 0 Å². The summed E-state index contributed by atoms with van der Waals surface area (Å²) in [4.78, 5) is 26.1. The molecule has 0 spiro atoms. The van der Waals surface area contributed by atoms with Crippen molar-refractivity contribution in [2.75, 3.05) is 38.3 Å². The molecule has 152 valence electrons. The first-order valence-electron chi connectivity index (χ1n) is 9.27. The second-order valence-corrected chi connectivity index (χ2v) is 7.37. The average molecular weight is 388 g/mol. The summed E-state index contributed by atoms with van der Waals surface area (Å²) >= 11 is 0. The number of nitrogens with zero attached hydrogens (tertiary/aromatic N) is 1. The van der Waals surface area contributed by atoms with E-state index < -0.39 is 23.7 Å². The summed E-state index contributed by atoms with van der Waals surface area (Å²) in [5.41, 5.74) is 1.31. The van der Waals surface area contributed by atoms with Crippen LogP contribution in [0.25, 0.3) is 0 Å². The minimum Gasteiger partial charge on any atom is -0.467 e. The Morgan fingerprint density at radius 1 is 1.21 bits per heavy atom. The number of carbonyl (C=O) groups is 2. The summed E-state index contributed by atoms with van der Waals surface area (Å²) in [6, 6.07) is 7.02. The van der Waals surface area contributed by atoms with E-state index in [0.717, 1.165) is 37.6 Å². The summed E-state index contributed by atoms with van der Waals surface area (Å²) in [6.45, 7) is 8.48. The molecule has 1 aromatic rings. The molecule has 1 atom stereocenters. The maximum absolute atomic E-state index is 11.9. The van der Waals surface area contributed by atoms with Crippen molar-refractivity contribution in [3.63, 3.8) is 0 Å². The molecule has 28 heavy (non-hydrogen) atoms. The zero-order chi connectivity index (χ0) is 20.6. The molecule has 0 radical (unpaired) electrons. The van der Waals surface area contributed by atoms with Crippen molar-refractivity contribution in [3.05, 3.63) is 29.8 Å². The van der Waals surface area contributed by atoms with Crippen molar-refractivity contribution in [2.24, 2.45) is 0 Å². The molecule has 1 saturated heterocycles. The molecule has 1 aliphatic rings. The van der Waals surface area contributed by atoms with Crippen molar-refractivity contribution in [1.29, 1.82) is 0 Å². The zero-order valence-corrected chi connectivity index (χ0v) is 16.9. The summed E-state index contributed by atoms with van der Waals surface area (Å²) in [7, 11) is 1.27. The first kappa shape index (κ1) is 21.6. The molecule has 7 heteroatoms. The van der Waals surface area contributed by atoms with Gasteiger partial charge in [-0.25, -0.2) is 9.59 Å². The Labute approximate surface area is 166 Å². The van der Waals surface area contributed by atoms with Gasteiger partial charge < -0.3 is 24.4 Å². The van der Waals surface area contributed by atoms with Gasteiger partial charge in [0.2, 0.25) is 0 Å². The van der Waals surface area contributed by atoms with Crippen LogP contribution < -0.4 is 10.2 Å². The van der Waals surface area contributed by atoms with E-state index in [4.69, 9.17) is 14.2 Å². The number of methoxy groups -OCH3 is 1. The number of morpholine rings is 1. The molecule has 1 N–H and O–H groups in total.